The highest BCUT2D eigenvalue weighted by molar-refractivity contribution is 5.73. The van der Waals surface area contributed by atoms with Crippen molar-refractivity contribution in [3.63, 3.8) is 0 Å². The number of aromatic nitrogens is 1. The number of urea groups is 1. The van der Waals surface area contributed by atoms with Crippen LogP contribution < -0.4 is 10.6 Å². The van der Waals surface area contributed by atoms with E-state index in [1.54, 1.807) is 6.20 Å². The van der Waals surface area contributed by atoms with Crippen molar-refractivity contribution in [2.24, 2.45) is 5.92 Å². The third-order valence-corrected chi connectivity index (χ3v) is 3.73. The lowest BCUT2D eigenvalue weighted by molar-refractivity contribution is 0.101. The van der Waals surface area contributed by atoms with Gasteiger partial charge in [-0.3, -0.25) is 4.98 Å². The number of hydrogen-bond donors (Lipinski definition) is 3. The number of carbonyl (C=O) groups is 1. The Hall–Kier alpha value is -1.62. The molecule has 2 atom stereocenters. The van der Waals surface area contributed by atoms with Gasteiger partial charge in [0, 0.05) is 25.5 Å². The van der Waals surface area contributed by atoms with Crippen molar-refractivity contribution in [3.8, 4) is 0 Å². The standard InChI is InChI=1S/C15H23N3O2/c19-14-5-1-3-13(9-14)11-18-15(20)17-8-6-12-4-2-7-16-10-12/h2,4,7,10,13-14,19H,1,3,5-6,8-9,11H2,(H2,17,18,20). The van der Waals surface area contributed by atoms with Gasteiger partial charge in [-0.1, -0.05) is 12.5 Å². The minimum absolute atomic E-state index is 0.131. The van der Waals surface area contributed by atoms with Gasteiger partial charge in [0.05, 0.1) is 6.10 Å². The van der Waals surface area contributed by atoms with Gasteiger partial charge in [-0.2, -0.15) is 0 Å². The first-order valence-corrected chi connectivity index (χ1v) is 7.32. The molecule has 0 spiro atoms. The molecule has 5 nitrogen and oxygen atoms in total. The first-order valence-electron chi connectivity index (χ1n) is 7.32. The van der Waals surface area contributed by atoms with Crippen molar-refractivity contribution in [2.45, 2.75) is 38.2 Å². The SMILES string of the molecule is O=C(NCCc1cccnc1)NCC1CCCC(O)C1. The maximum atomic E-state index is 11.7. The molecule has 1 aromatic rings. The fourth-order valence-corrected chi connectivity index (χ4v) is 2.61. The molecule has 1 heterocycles. The molecule has 1 fully saturated rings. The molecule has 5 heteroatoms. The molecule has 0 bridgehead atoms. The van der Waals surface area contributed by atoms with E-state index in [1.807, 2.05) is 18.3 Å². The third-order valence-electron chi connectivity index (χ3n) is 3.73. The normalized spacial score (nSPS) is 22.2. The fourth-order valence-electron chi connectivity index (χ4n) is 2.61. The highest BCUT2D eigenvalue weighted by atomic mass is 16.3. The summed E-state index contributed by atoms with van der Waals surface area (Å²) >= 11 is 0. The highest BCUT2D eigenvalue weighted by Gasteiger charge is 2.20. The molecule has 1 aliphatic rings. The van der Waals surface area contributed by atoms with Crippen molar-refractivity contribution in [3.05, 3.63) is 30.1 Å². The van der Waals surface area contributed by atoms with Crippen LogP contribution in [0.4, 0.5) is 4.79 Å². The number of aliphatic hydroxyl groups excluding tert-OH is 1. The molecule has 0 radical (unpaired) electrons. The lowest BCUT2D eigenvalue weighted by atomic mass is 9.87. The van der Waals surface area contributed by atoms with Crippen LogP contribution in [0.25, 0.3) is 0 Å². The summed E-state index contributed by atoms with van der Waals surface area (Å²) in [5.41, 5.74) is 1.11. The minimum atomic E-state index is -0.191. The maximum absolute atomic E-state index is 11.7. The van der Waals surface area contributed by atoms with Crippen molar-refractivity contribution < 1.29 is 9.90 Å². The lowest BCUT2D eigenvalue weighted by Crippen LogP contribution is -2.40. The lowest BCUT2D eigenvalue weighted by Gasteiger charge is -2.25. The van der Waals surface area contributed by atoms with Crippen molar-refractivity contribution in [2.75, 3.05) is 13.1 Å². The Bertz CT molecular complexity index is 411. The quantitative estimate of drug-likeness (QED) is 0.763. The third kappa shape index (κ3) is 5.17. The van der Waals surface area contributed by atoms with Gasteiger partial charge in [-0.25, -0.2) is 4.79 Å². The predicted octanol–water partition coefficient (Wildman–Crippen LogP) is 1.47. The summed E-state index contributed by atoms with van der Waals surface area (Å²) in [7, 11) is 0. The zero-order valence-corrected chi connectivity index (χ0v) is 11.7. The molecule has 20 heavy (non-hydrogen) atoms. The van der Waals surface area contributed by atoms with Gasteiger partial charge in [-0.05, 0) is 43.2 Å². The Kier molecular flexibility index (Phi) is 5.80. The molecule has 0 aliphatic heterocycles. The number of nitrogens with one attached hydrogen (secondary N) is 2. The van der Waals surface area contributed by atoms with E-state index in [4.69, 9.17) is 0 Å². The number of aliphatic hydroxyl groups is 1. The molecule has 1 saturated carbocycles. The molecule has 1 aromatic heterocycles. The Morgan fingerprint density at radius 2 is 2.30 bits per heavy atom. The van der Waals surface area contributed by atoms with E-state index < -0.39 is 0 Å². The molecule has 0 aromatic carbocycles. The van der Waals surface area contributed by atoms with Crippen LogP contribution >= 0.6 is 0 Å². The summed E-state index contributed by atoms with van der Waals surface area (Å²) in [5.74, 6) is 0.405. The monoisotopic (exact) mass is 277 g/mol. The Morgan fingerprint density at radius 3 is 3.05 bits per heavy atom. The van der Waals surface area contributed by atoms with Crippen LogP contribution in [0.1, 0.15) is 31.2 Å². The van der Waals surface area contributed by atoms with Crippen molar-refractivity contribution in [1.29, 1.82) is 0 Å². The van der Waals surface area contributed by atoms with Gasteiger partial charge < -0.3 is 15.7 Å². The molecular formula is C15H23N3O2. The topological polar surface area (TPSA) is 74.2 Å². The summed E-state index contributed by atoms with van der Waals surface area (Å²) in [4.78, 5) is 15.7. The summed E-state index contributed by atoms with van der Waals surface area (Å²) in [6, 6.07) is 3.76. The van der Waals surface area contributed by atoms with Crippen molar-refractivity contribution in [1.82, 2.24) is 15.6 Å². The van der Waals surface area contributed by atoms with E-state index in [1.165, 1.54) is 0 Å². The summed E-state index contributed by atoms with van der Waals surface area (Å²) in [6.07, 6.45) is 7.98. The molecule has 2 unspecified atom stereocenters. The van der Waals surface area contributed by atoms with E-state index in [-0.39, 0.29) is 12.1 Å². The van der Waals surface area contributed by atoms with Crippen molar-refractivity contribution >= 4 is 6.03 Å². The van der Waals surface area contributed by atoms with Gasteiger partial charge in [0.1, 0.15) is 0 Å². The largest absolute Gasteiger partial charge is 0.393 e. The molecule has 2 amide bonds. The van der Waals surface area contributed by atoms with Crippen LogP contribution in [0.5, 0.6) is 0 Å². The van der Waals surface area contributed by atoms with Gasteiger partial charge in [0.2, 0.25) is 0 Å². The molecule has 3 N–H and O–H groups in total. The summed E-state index contributed by atoms with van der Waals surface area (Å²) in [5, 5.41) is 15.3. The number of carbonyl (C=O) groups excluding carboxylic acids is 1. The zero-order chi connectivity index (χ0) is 14.2. The second kappa shape index (κ2) is 7.85. The van der Waals surface area contributed by atoms with Gasteiger partial charge in [0.25, 0.3) is 0 Å². The second-order valence-electron chi connectivity index (χ2n) is 5.43. The van der Waals surface area contributed by atoms with Crippen LogP contribution in [0, 0.1) is 5.92 Å². The number of nitrogens with zero attached hydrogens (tertiary/aromatic N) is 1. The van der Waals surface area contributed by atoms with Gasteiger partial charge in [-0.15, -0.1) is 0 Å². The molecular weight excluding hydrogens is 254 g/mol. The summed E-state index contributed by atoms with van der Waals surface area (Å²) in [6.45, 7) is 1.25. The number of hydrogen-bond acceptors (Lipinski definition) is 3. The first-order chi connectivity index (χ1) is 9.74. The fraction of sp³-hybridized carbons (Fsp3) is 0.600. The molecule has 2 rings (SSSR count). The average Bonchev–Trinajstić information content (AvgIpc) is 2.46. The van der Waals surface area contributed by atoms with E-state index >= 15 is 0 Å². The Balaban J connectivity index is 1.58. The first kappa shape index (κ1) is 14.8. The Morgan fingerprint density at radius 1 is 1.40 bits per heavy atom. The second-order valence-corrected chi connectivity index (χ2v) is 5.43. The van der Waals surface area contributed by atoms with Gasteiger partial charge >= 0.3 is 6.03 Å². The maximum Gasteiger partial charge on any atom is 0.314 e. The van der Waals surface area contributed by atoms with E-state index in [2.05, 4.69) is 15.6 Å². The average molecular weight is 277 g/mol. The van der Waals surface area contributed by atoms with Crippen LogP contribution in [0.2, 0.25) is 0 Å². The van der Waals surface area contributed by atoms with E-state index in [0.717, 1.165) is 37.7 Å². The van der Waals surface area contributed by atoms with Gasteiger partial charge in [0.15, 0.2) is 0 Å². The van der Waals surface area contributed by atoms with Crippen LogP contribution in [0.15, 0.2) is 24.5 Å². The molecule has 1 aliphatic carbocycles. The van der Waals surface area contributed by atoms with E-state index in [0.29, 0.717) is 19.0 Å². The number of pyridine rings is 1. The Labute approximate surface area is 119 Å². The van der Waals surface area contributed by atoms with E-state index in [9.17, 15) is 9.90 Å². The predicted molar refractivity (Wildman–Crippen MR) is 77.3 cm³/mol. The summed E-state index contributed by atoms with van der Waals surface area (Å²) < 4.78 is 0. The zero-order valence-electron chi connectivity index (χ0n) is 11.7. The van der Waals surface area contributed by atoms with Crippen LogP contribution in [-0.2, 0) is 6.42 Å². The molecule has 0 saturated heterocycles. The highest BCUT2D eigenvalue weighted by Crippen LogP contribution is 2.23. The number of rotatable bonds is 5. The number of amides is 2. The van der Waals surface area contributed by atoms with Crippen LogP contribution in [0.3, 0.4) is 0 Å². The van der Waals surface area contributed by atoms with Crippen LogP contribution in [-0.4, -0.2) is 35.3 Å². The minimum Gasteiger partial charge on any atom is -0.393 e. The smallest absolute Gasteiger partial charge is 0.314 e. The molecule has 110 valence electrons.